The molecule has 0 fully saturated rings. The first-order valence-corrected chi connectivity index (χ1v) is 6.18. The van der Waals surface area contributed by atoms with Crippen molar-refractivity contribution in [2.24, 2.45) is 5.73 Å². The minimum absolute atomic E-state index is 0.539. The van der Waals surface area contributed by atoms with E-state index in [9.17, 15) is 0 Å². The Balaban J connectivity index is 1.78. The molecule has 19 heavy (non-hydrogen) atoms. The molecule has 1 aromatic carbocycles. The van der Waals surface area contributed by atoms with Gasteiger partial charge in [-0.1, -0.05) is 5.21 Å². The predicted octanol–water partition coefficient (Wildman–Crippen LogP) is 0.867. The van der Waals surface area contributed by atoms with Gasteiger partial charge in [0, 0.05) is 12.6 Å². The molecule has 1 heterocycles. The minimum Gasteiger partial charge on any atom is -0.497 e. The second-order valence-electron chi connectivity index (χ2n) is 4.04. The Morgan fingerprint density at radius 3 is 2.63 bits per heavy atom. The number of nitrogens with two attached hydrogens (primary N) is 1. The number of methoxy groups -OCH3 is 1. The van der Waals surface area contributed by atoms with Gasteiger partial charge in [0.05, 0.1) is 19.3 Å². The van der Waals surface area contributed by atoms with E-state index in [4.69, 9.17) is 15.2 Å². The van der Waals surface area contributed by atoms with Crippen LogP contribution in [0.5, 0.6) is 11.5 Å². The molecule has 2 N–H and O–H groups in total. The van der Waals surface area contributed by atoms with Crippen LogP contribution >= 0.6 is 0 Å². The summed E-state index contributed by atoms with van der Waals surface area (Å²) in [5.74, 6) is 1.62. The fourth-order valence-corrected chi connectivity index (χ4v) is 1.64. The molecule has 0 atom stereocenters. The van der Waals surface area contributed by atoms with E-state index in [1.165, 1.54) is 0 Å². The zero-order valence-electron chi connectivity index (χ0n) is 11.0. The quantitative estimate of drug-likeness (QED) is 0.801. The van der Waals surface area contributed by atoms with Crippen molar-refractivity contribution in [3.05, 3.63) is 36.2 Å². The van der Waals surface area contributed by atoms with Crippen molar-refractivity contribution in [1.29, 1.82) is 0 Å². The van der Waals surface area contributed by atoms with Crippen LogP contribution in [0.25, 0.3) is 0 Å². The van der Waals surface area contributed by atoms with Crippen LogP contribution in [0.3, 0.4) is 0 Å². The largest absolute Gasteiger partial charge is 0.497 e. The summed E-state index contributed by atoms with van der Waals surface area (Å²) in [5.41, 5.74) is 6.37. The molecule has 0 amide bonds. The van der Waals surface area contributed by atoms with E-state index in [1.54, 1.807) is 11.8 Å². The lowest BCUT2D eigenvalue weighted by Crippen LogP contribution is -2.08. The van der Waals surface area contributed by atoms with Crippen LogP contribution in [0.1, 0.15) is 5.69 Å². The summed E-state index contributed by atoms with van der Waals surface area (Å²) in [6, 6.07) is 7.48. The topological polar surface area (TPSA) is 75.2 Å². The minimum atomic E-state index is 0.539. The molecule has 102 valence electrons. The van der Waals surface area contributed by atoms with E-state index in [1.807, 2.05) is 30.5 Å². The van der Waals surface area contributed by atoms with Gasteiger partial charge in [-0.2, -0.15) is 0 Å². The maximum atomic E-state index is 5.61. The number of aromatic nitrogens is 3. The average Bonchev–Trinajstić information content (AvgIpc) is 2.88. The molecule has 0 aliphatic rings. The molecule has 0 saturated carbocycles. The zero-order valence-corrected chi connectivity index (χ0v) is 11.0. The average molecular weight is 262 g/mol. The molecular weight excluding hydrogens is 244 g/mol. The third-order valence-electron chi connectivity index (χ3n) is 2.64. The Bertz CT molecular complexity index is 496. The highest BCUT2D eigenvalue weighted by Crippen LogP contribution is 2.16. The Hall–Kier alpha value is -2.08. The molecule has 0 bridgehead atoms. The van der Waals surface area contributed by atoms with Crippen molar-refractivity contribution in [3.8, 4) is 11.5 Å². The van der Waals surface area contributed by atoms with Crippen molar-refractivity contribution < 1.29 is 9.47 Å². The molecule has 0 aliphatic heterocycles. The monoisotopic (exact) mass is 262 g/mol. The Morgan fingerprint density at radius 2 is 1.95 bits per heavy atom. The van der Waals surface area contributed by atoms with Gasteiger partial charge in [0.1, 0.15) is 18.1 Å². The van der Waals surface area contributed by atoms with E-state index in [2.05, 4.69) is 10.3 Å². The summed E-state index contributed by atoms with van der Waals surface area (Å²) >= 11 is 0. The van der Waals surface area contributed by atoms with Gasteiger partial charge in [0.15, 0.2) is 0 Å². The van der Waals surface area contributed by atoms with Gasteiger partial charge in [-0.05, 0) is 30.8 Å². The van der Waals surface area contributed by atoms with Crippen LogP contribution in [-0.2, 0) is 13.0 Å². The van der Waals surface area contributed by atoms with Gasteiger partial charge in [-0.25, -0.2) is 4.68 Å². The van der Waals surface area contributed by atoms with Gasteiger partial charge in [0.25, 0.3) is 0 Å². The Labute approximate surface area is 112 Å². The second kappa shape index (κ2) is 6.75. The Morgan fingerprint density at radius 1 is 1.21 bits per heavy atom. The van der Waals surface area contributed by atoms with Crippen LogP contribution < -0.4 is 15.2 Å². The fourth-order valence-electron chi connectivity index (χ4n) is 1.64. The predicted molar refractivity (Wildman–Crippen MR) is 71.3 cm³/mol. The molecule has 0 aliphatic carbocycles. The van der Waals surface area contributed by atoms with E-state index in [0.717, 1.165) is 23.6 Å². The van der Waals surface area contributed by atoms with Crippen LogP contribution in [0, 0.1) is 0 Å². The molecule has 2 rings (SSSR count). The highest BCUT2D eigenvalue weighted by molar-refractivity contribution is 5.31. The van der Waals surface area contributed by atoms with Gasteiger partial charge in [-0.15, -0.1) is 5.10 Å². The summed E-state index contributed by atoms with van der Waals surface area (Å²) < 4.78 is 12.4. The van der Waals surface area contributed by atoms with Gasteiger partial charge in [0.2, 0.25) is 0 Å². The summed E-state index contributed by atoms with van der Waals surface area (Å²) in [4.78, 5) is 0. The number of nitrogens with zero attached hydrogens (tertiary/aromatic N) is 3. The summed E-state index contributed by atoms with van der Waals surface area (Å²) in [6.07, 6.45) is 2.64. The van der Waals surface area contributed by atoms with Crippen LogP contribution in [0.2, 0.25) is 0 Å². The SMILES string of the molecule is COc1ccc(OCCn2cc(CCN)nn2)cc1. The van der Waals surface area contributed by atoms with E-state index in [-0.39, 0.29) is 0 Å². The molecule has 6 heteroatoms. The fraction of sp³-hybridized carbons (Fsp3) is 0.385. The van der Waals surface area contributed by atoms with Gasteiger partial charge >= 0.3 is 0 Å². The molecular formula is C13H18N4O2. The second-order valence-corrected chi connectivity index (χ2v) is 4.04. The summed E-state index contributed by atoms with van der Waals surface area (Å²) in [7, 11) is 1.64. The van der Waals surface area contributed by atoms with Crippen molar-refractivity contribution in [2.45, 2.75) is 13.0 Å². The summed E-state index contributed by atoms with van der Waals surface area (Å²) in [5, 5.41) is 8.02. The van der Waals surface area contributed by atoms with E-state index < -0.39 is 0 Å². The lowest BCUT2D eigenvalue weighted by Gasteiger charge is -2.06. The number of benzene rings is 1. The molecule has 0 spiro atoms. The van der Waals surface area contributed by atoms with Crippen LogP contribution in [0.4, 0.5) is 0 Å². The number of hydrogen-bond donors (Lipinski definition) is 1. The van der Waals surface area contributed by atoms with Crippen LogP contribution in [-0.4, -0.2) is 35.3 Å². The number of hydrogen-bond acceptors (Lipinski definition) is 5. The maximum Gasteiger partial charge on any atom is 0.119 e. The molecule has 0 saturated heterocycles. The van der Waals surface area contributed by atoms with Crippen molar-refractivity contribution in [2.75, 3.05) is 20.3 Å². The highest BCUT2D eigenvalue weighted by Gasteiger charge is 2.00. The normalized spacial score (nSPS) is 10.4. The first-order valence-electron chi connectivity index (χ1n) is 6.18. The van der Waals surface area contributed by atoms with Crippen molar-refractivity contribution in [1.82, 2.24) is 15.0 Å². The lowest BCUT2D eigenvalue weighted by molar-refractivity contribution is 0.289. The highest BCUT2D eigenvalue weighted by atomic mass is 16.5. The smallest absolute Gasteiger partial charge is 0.119 e. The van der Waals surface area contributed by atoms with E-state index >= 15 is 0 Å². The van der Waals surface area contributed by atoms with E-state index in [0.29, 0.717) is 19.7 Å². The third kappa shape index (κ3) is 3.96. The van der Waals surface area contributed by atoms with Gasteiger partial charge < -0.3 is 15.2 Å². The zero-order chi connectivity index (χ0) is 13.5. The molecule has 6 nitrogen and oxygen atoms in total. The van der Waals surface area contributed by atoms with Crippen molar-refractivity contribution >= 4 is 0 Å². The Kier molecular flexibility index (Phi) is 4.74. The molecule has 2 aromatic rings. The lowest BCUT2D eigenvalue weighted by atomic mass is 10.3. The number of ether oxygens (including phenoxy) is 2. The molecule has 0 radical (unpaired) electrons. The maximum absolute atomic E-state index is 5.61. The molecule has 0 unspecified atom stereocenters. The first-order chi connectivity index (χ1) is 9.31. The first kappa shape index (κ1) is 13.4. The number of rotatable bonds is 7. The standard InChI is InChI=1S/C13H18N4O2/c1-18-12-2-4-13(5-3-12)19-9-8-17-10-11(6-7-14)15-16-17/h2-5,10H,6-9,14H2,1H3. The third-order valence-corrected chi connectivity index (χ3v) is 2.64. The van der Waals surface area contributed by atoms with Crippen molar-refractivity contribution in [3.63, 3.8) is 0 Å². The summed E-state index contributed by atoms with van der Waals surface area (Å²) in [6.45, 7) is 1.78. The van der Waals surface area contributed by atoms with Gasteiger partial charge in [-0.3, -0.25) is 0 Å². The molecule has 1 aromatic heterocycles. The van der Waals surface area contributed by atoms with Crippen LogP contribution in [0.15, 0.2) is 30.5 Å².